The van der Waals surface area contributed by atoms with Gasteiger partial charge in [0.05, 0.1) is 11.8 Å². The van der Waals surface area contributed by atoms with Crippen molar-refractivity contribution >= 4 is 27.6 Å². The lowest BCUT2D eigenvalue weighted by Gasteiger charge is -2.37. The van der Waals surface area contributed by atoms with E-state index in [-0.39, 0.29) is 34.6 Å². The van der Waals surface area contributed by atoms with Crippen LogP contribution in [-0.2, 0) is 14.8 Å². The average Bonchev–Trinajstić information content (AvgIpc) is 2.64. The molecule has 11 heteroatoms. The first-order valence-corrected chi connectivity index (χ1v) is 10.7. The number of amides is 3. The summed E-state index contributed by atoms with van der Waals surface area (Å²) in [6.45, 7) is 4.76. The van der Waals surface area contributed by atoms with E-state index in [0.717, 1.165) is 0 Å². The number of carbonyl (C=O) groups excluding carboxylic acids is 2. The third-order valence-corrected chi connectivity index (χ3v) is 7.18. The van der Waals surface area contributed by atoms with Gasteiger partial charge in [-0.05, 0) is 37.8 Å². The SMILES string of the molecule is Cc1cccc2c1S(=O)(=O)N(CC(=O)N[C@@H](C)C1NNC(C#N)CC1C)C(=O)N2. The fraction of sp³-hybridized carbons (Fsp3) is 0.500. The van der Waals surface area contributed by atoms with Crippen molar-refractivity contribution in [2.45, 2.75) is 50.2 Å². The monoisotopic (exact) mass is 420 g/mol. The summed E-state index contributed by atoms with van der Waals surface area (Å²) >= 11 is 0. The Morgan fingerprint density at radius 2 is 2.14 bits per heavy atom. The molecule has 29 heavy (non-hydrogen) atoms. The van der Waals surface area contributed by atoms with E-state index >= 15 is 0 Å². The van der Waals surface area contributed by atoms with Crippen molar-refractivity contribution in [1.29, 1.82) is 5.26 Å². The molecule has 4 atom stereocenters. The Balaban J connectivity index is 1.70. The van der Waals surface area contributed by atoms with Gasteiger partial charge in [0.25, 0.3) is 10.0 Å². The van der Waals surface area contributed by atoms with Crippen LogP contribution >= 0.6 is 0 Å². The second-order valence-electron chi connectivity index (χ2n) is 7.46. The van der Waals surface area contributed by atoms with Crippen molar-refractivity contribution in [3.05, 3.63) is 23.8 Å². The van der Waals surface area contributed by atoms with Gasteiger partial charge in [0.1, 0.15) is 17.5 Å². The lowest BCUT2D eigenvalue weighted by molar-refractivity contribution is -0.121. The molecule has 1 aromatic carbocycles. The smallest absolute Gasteiger partial charge is 0.336 e. The summed E-state index contributed by atoms with van der Waals surface area (Å²) in [4.78, 5) is 24.8. The Morgan fingerprint density at radius 1 is 1.41 bits per heavy atom. The summed E-state index contributed by atoms with van der Waals surface area (Å²) in [5.74, 6) is -0.489. The number of rotatable bonds is 4. The lowest BCUT2D eigenvalue weighted by Crippen LogP contribution is -2.62. The lowest BCUT2D eigenvalue weighted by atomic mass is 9.89. The van der Waals surface area contributed by atoms with Crippen LogP contribution in [0.2, 0.25) is 0 Å². The summed E-state index contributed by atoms with van der Waals surface area (Å²) in [6.07, 6.45) is 0.618. The predicted molar refractivity (Wildman–Crippen MR) is 105 cm³/mol. The quantitative estimate of drug-likeness (QED) is 0.553. The molecular formula is C18H24N6O4S. The van der Waals surface area contributed by atoms with Gasteiger partial charge < -0.3 is 10.6 Å². The number of hydrogen-bond acceptors (Lipinski definition) is 7. The summed E-state index contributed by atoms with van der Waals surface area (Å²) < 4.78 is 26.4. The predicted octanol–water partition coefficient (Wildman–Crippen LogP) is 0.431. The van der Waals surface area contributed by atoms with Crippen LogP contribution in [0.3, 0.4) is 0 Å². The van der Waals surface area contributed by atoms with Crippen LogP contribution in [0.4, 0.5) is 10.5 Å². The number of nitriles is 1. The molecule has 10 nitrogen and oxygen atoms in total. The molecule has 2 aliphatic heterocycles. The Hall–Kier alpha value is -2.68. The molecule has 0 aromatic heterocycles. The standard InChI is InChI=1S/C18H24N6O4S/c1-10-5-4-6-14-17(10)29(27,28)24(18(26)21-14)9-15(25)20-12(3)16-11(2)7-13(8-19)22-23-16/h4-6,11-13,16,22-23H,7,9H2,1-3H3,(H,20,25)(H,21,26)/t11?,12-,13?,16?/m0/s1. The number of hydrogen-bond donors (Lipinski definition) is 4. The van der Waals surface area contributed by atoms with E-state index in [1.807, 2.05) is 6.92 Å². The van der Waals surface area contributed by atoms with E-state index in [1.54, 1.807) is 26.0 Å². The number of sulfonamides is 1. The van der Waals surface area contributed by atoms with E-state index in [0.29, 0.717) is 16.3 Å². The highest BCUT2D eigenvalue weighted by Gasteiger charge is 2.39. The molecule has 0 spiro atoms. The zero-order valence-corrected chi connectivity index (χ0v) is 17.2. The van der Waals surface area contributed by atoms with Gasteiger partial charge in [-0.25, -0.2) is 22.9 Å². The molecule has 4 N–H and O–H groups in total. The molecule has 2 aliphatic rings. The van der Waals surface area contributed by atoms with E-state index in [2.05, 4.69) is 27.6 Å². The van der Waals surface area contributed by atoms with Gasteiger partial charge in [-0.3, -0.25) is 10.2 Å². The second kappa shape index (κ2) is 7.98. The first-order chi connectivity index (χ1) is 13.6. The van der Waals surface area contributed by atoms with Crippen molar-refractivity contribution in [3.8, 4) is 6.07 Å². The number of benzene rings is 1. The molecule has 2 heterocycles. The van der Waals surface area contributed by atoms with Crippen LogP contribution in [0.1, 0.15) is 25.8 Å². The highest BCUT2D eigenvalue weighted by Crippen LogP contribution is 2.32. The van der Waals surface area contributed by atoms with Crippen molar-refractivity contribution in [1.82, 2.24) is 20.5 Å². The first kappa shape index (κ1) is 21.0. The topological polar surface area (TPSA) is 143 Å². The summed E-state index contributed by atoms with van der Waals surface area (Å²) in [6, 6.07) is 5.24. The molecule has 0 saturated carbocycles. The first-order valence-electron chi connectivity index (χ1n) is 9.28. The molecule has 0 aliphatic carbocycles. The highest BCUT2D eigenvalue weighted by atomic mass is 32.2. The second-order valence-corrected chi connectivity index (χ2v) is 9.26. The zero-order valence-electron chi connectivity index (χ0n) is 16.4. The van der Waals surface area contributed by atoms with Crippen molar-refractivity contribution in [2.24, 2.45) is 5.92 Å². The average molecular weight is 420 g/mol. The molecule has 0 bridgehead atoms. The molecule has 3 amide bonds. The van der Waals surface area contributed by atoms with Crippen molar-refractivity contribution in [2.75, 3.05) is 11.9 Å². The van der Waals surface area contributed by atoms with Crippen LogP contribution in [0.15, 0.2) is 23.1 Å². The summed E-state index contributed by atoms with van der Waals surface area (Å²) in [7, 11) is -4.14. The number of hydrazine groups is 1. The minimum Gasteiger partial charge on any atom is -0.350 e. The van der Waals surface area contributed by atoms with Gasteiger partial charge in [0.15, 0.2) is 0 Å². The van der Waals surface area contributed by atoms with Crippen molar-refractivity contribution in [3.63, 3.8) is 0 Å². The number of aryl methyl sites for hydroxylation is 1. The van der Waals surface area contributed by atoms with Gasteiger partial charge in [0.2, 0.25) is 5.91 Å². The number of fused-ring (bicyclic) bond motifs is 1. The fourth-order valence-corrected chi connectivity index (χ4v) is 5.43. The maximum atomic E-state index is 12.9. The molecule has 1 saturated heterocycles. The van der Waals surface area contributed by atoms with Crippen LogP contribution in [0.25, 0.3) is 0 Å². The van der Waals surface area contributed by atoms with E-state index < -0.39 is 28.5 Å². The molecular weight excluding hydrogens is 396 g/mol. The van der Waals surface area contributed by atoms with Gasteiger partial charge in [-0.15, -0.1) is 0 Å². The number of urea groups is 1. The van der Waals surface area contributed by atoms with Crippen LogP contribution in [-0.4, -0.2) is 49.3 Å². The Bertz CT molecular complexity index is 973. The number of nitrogens with one attached hydrogen (secondary N) is 4. The third-order valence-electron chi connectivity index (χ3n) is 5.24. The van der Waals surface area contributed by atoms with Crippen LogP contribution in [0.5, 0.6) is 0 Å². The number of nitrogens with zero attached hydrogens (tertiary/aromatic N) is 2. The minimum atomic E-state index is -4.14. The Morgan fingerprint density at radius 3 is 2.79 bits per heavy atom. The molecule has 1 aromatic rings. The molecule has 3 unspecified atom stereocenters. The van der Waals surface area contributed by atoms with Crippen molar-refractivity contribution < 1.29 is 18.0 Å². The van der Waals surface area contributed by atoms with Gasteiger partial charge >= 0.3 is 6.03 Å². The fourth-order valence-electron chi connectivity index (χ4n) is 3.79. The van der Waals surface area contributed by atoms with Crippen LogP contribution in [0, 0.1) is 24.2 Å². The maximum absolute atomic E-state index is 12.9. The van der Waals surface area contributed by atoms with Crippen LogP contribution < -0.4 is 21.5 Å². The van der Waals surface area contributed by atoms with Gasteiger partial charge in [0, 0.05) is 12.1 Å². The van der Waals surface area contributed by atoms with E-state index in [1.165, 1.54) is 6.07 Å². The molecule has 3 rings (SSSR count). The van der Waals surface area contributed by atoms with E-state index in [9.17, 15) is 18.0 Å². The molecule has 0 radical (unpaired) electrons. The zero-order chi connectivity index (χ0) is 21.3. The van der Waals surface area contributed by atoms with Gasteiger partial charge in [-0.2, -0.15) is 5.26 Å². The Kier molecular flexibility index (Phi) is 5.79. The summed E-state index contributed by atoms with van der Waals surface area (Å²) in [5.41, 5.74) is 6.61. The largest absolute Gasteiger partial charge is 0.350 e. The summed E-state index contributed by atoms with van der Waals surface area (Å²) in [5, 5.41) is 14.3. The minimum absolute atomic E-state index is 0.00485. The van der Waals surface area contributed by atoms with Gasteiger partial charge in [-0.1, -0.05) is 19.1 Å². The molecule has 156 valence electrons. The third kappa shape index (κ3) is 4.05. The molecule has 1 fully saturated rings. The number of carbonyl (C=O) groups is 2. The highest BCUT2D eigenvalue weighted by molar-refractivity contribution is 7.90. The normalized spacial score (nSPS) is 26.6. The Labute approximate surface area is 169 Å². The maximum Gasteiger partial charge on any atom is 0.336 e. The number of anilines is 1. The van der Waals surface area contributed by atoms with E-state index in [4.69, 9.17) is 5.26 Å².